The van der Waals surface area contributed by atoms with Crippen LogP contribution in [0, 0.1) is 0 Å². The van der Waals surface area contributed by atoms with Crippen molar-refractivity contribution < 1.29 is 19.1 Å². The van der Waals surface area contributed by atoms with E-state index in [1.807, 2.05) is 0 Å². The third-order valence-corrected chi connectivity index (χ3v) is 3.98. The van der Waals surface area contributed by atoms with E-state index in [0.717, 1.165) is 25.7 Å². The van der Waals surface area contributed by atoms with Gasteiger partial charge in [-0.2, -0.15) is 0 Å². The molecule has 1 saturated carbocycles. The summed E-state index contributed by atoms with van der Waals surface area (Å²) >= 11 is 0. The first-order valence-electron chi connectivity index (χ1n) is 8.05. The smallest absolute Gasteiger partial charge is 0.310 e. The summed E-state index contributed by atoms with van der Waals surface area (Å²) < 4.78 is 5.21. The zero-order chi connectivity index (χ0) is 16.3. The van der Waals surface area contributed by atoms with Gasteiger partial charge in [0.05, 0.1) is 12.8 Å². The number of carbonyl (C=O) groups excluding carboxylic acids is 3. The van der Waals surface area contributed by atoms with Gasteiger partial charge in [0.25, 0.3) is 5.91 Å². The van der Waals surface area contributed by atoms with E-state index in [1.54, 1.807) is 26.8 Å². The number of ether oxygens (including phenoxy) is 1. The predicted molar refractivity (Wildman–Crippen MR) is 81.9 cm³/mol. The fourth-order valence-electron chi connectivity index (χ4n) is 3.05. The van der Waals surface area contributed by atoms with Gasteiger partial charge in [-0.05, 0) is 33.6 Å². The maximum atomic E-state index is 12.4. The molecule has 0 aromatic carbocycles. The number of esters is 1. The van der Waals surface area contributed by atoms with Gasteiger partial charge in [-0.1, -0.05) is 25.3 Å². The van der Waals surface area contributed by atoms with Crippen molar-refractivity contribution in [2.45, 2.75) is 77.4 Å². The molecule has 0 spiro atoms. The van der Waals surface area contributed by atoms with Gasteiger partial charge < -0.3 is 4.74 Å². The topological polar surface area (TPSA) is 63.7 Å². The molecule has 2 amide bonds. The highest BCUT2D eigenvalue weighted by Gasteiger charge is 2.38. The summed E-state index contributed by atoms with van der Waals surface area (Å²) in [5.74, 6) is -0.732. The highest BCUT2D eigenvalue weighted by atomic mass is 16.6. The minimum absolute atomic E-state index is 0.0319. The lowest BCUT2D eigenvalue weighted by Gasteiger charge is -2.29. The van der Waals surface area contributed by atoms with Crippen LogP contribution in [0.15, 0.2) is 11.6 Å². The van der Waals surface area contributed by atoms with Gasteiger partial charge in [0.1, 0.15) is 5.60 Å². The maximum Gasteiger partial charge on any atom is 0.310 e. The second-order valence-corrected chi connectivity index (χ2v) is 7.06. The first-order chi connectivity index (χ1) is 10.3. The summed E-state index contributed by atoms with van der Waals surface area (Å²) in [6, 6.07) is 0.0428. The lowest BCUT2D eigenvalue weighted by atomic mass is 9.94. The van der Waals surface area contributed by atoms with Gasteiger partial charge >= 0.3 is 5.97 Å². The summed E-state index contributed by atoms with van der Waals surface area (Å²) in [5.41, 5.74) is -0.111. The number of carbonyl (C=O) groups is 3. The van der Waals surface area contributed by atoms with Gasteiger partial charge in [0.2, 0.25) is 5.91 Å². The van der Waals surface area contributed by atoms with Crippen LogP contribution in [0.3, 0.4) is 0 Å². The number of hydrogen-bond donors (Lipinski definition) is 0. The van der Waals surface area contributed by atoms with E-state index in [0.29, 0.717) is 5.57 Å². The molecule has 0 atom stereocenters. The number of hydrogen-bond acceptors (Lipinski definition) is 4. The zero-order valence-corrected chi connectivity index (χ0v) is 13.7. The molecule has 0 aromatic heterocycles. The van der Waals surface area contributed by atoms with Crippen LogP contribution in [0.5, 0.6) is 0 Å². The minimum Gasteiger partial charge on any atom is -0.460 e. The van der Waals surface area contributed by atoms with Crippen molar-refractivity contribution in [1.82, 2.24) is 4.90 Å². The molecule has 0 N–H and O–H groups in total. The number of likely N-dealkylation sites (tertiary alicyclic amines) is 1. The van der Waals surface area contributed by atoms with E-state index < -0.39 is 5.60 Å². The van der Waals surface area contributed by atoms with E-state index in [-0.39, 0.29) is 36.7 Å². The first-order valence-corrected chi connectivity index (χ1v) is 8.05. The van der Waals surface area contributed by atoms with Crippen molar-refractivity contribution in [3.8, 4) is 0 Å². The molecule has 2 aliphatic rings. The van der Waals surface area contributed by atoms with Crippen LogP contribution in [0.1, 0.15) is 65.7 Å². The third-order valence-electron chi connectivity index (χ3n) is 3.98. The second-order valence-electron chi connectivity index (χ2n) is 7.06. The summed E-state index contributed by atoms with van der Waals surface area (Å²) in [6.07, 6.45) is 6.80. The Kier molecular flexibility index (Phi) is 5.04. The average Bonchev–Trinajstić information content (AvgIpc) is 2.70. The lowest BCUT2D eigenvalue weighted by Crippen LogP contribution is -2.40. The molecule has 1 aliphatic carbocycles. The van der Waals surface area contributed by atoms with Crippen LogP contribution >= 0.6 is 0 Å². The van der Waals surface area contributed by atoms with Crippen molar-refractivity contribution in [1.29, 1.82) is 0 Å². The van der Waals surface area contributed by atoms with Crippen LogP contribution in [0.4, 0.5) is 0 Å². The van der Waals surface area contributed by atoms with Crippen molar-refractivity contribution in [3.63, 3.8) is 0 Å². The Labute approximate surface area is 131 Å². The van der Waals surface area contributed by atoms with Gasteiger partial charge in [-0.25, -0.2) is 0 Å². The van der Waals surface area contributed by atoms with Gasteiger partial charge in [0.15, 0.2) is 0 Å². The minimum atomic E-state index is -0.542. The SMILES string of the molecule is CC(C)(C)OC(=O)C/C=C1/CC(=O)N(C2CCCCC2)C1=O. The van der Waals surface area contributed by atoms with Crippen LogP contribution in [-0.4, -0.2) is 34.3 Å². The van der Waals surface area contributed by atoms with E-state index in [1.165, 1.54) is 11.3 Å². The average molecular weight is 307 g/mol. The van der Waals surface area contributed by atoms with Gasteiger partial charge in [0, 0.05) is 11.6 Å². The molecule has 5 nitrogen and oxygen atoms in total. The molecule has 2 rings (SSSR count). The largest absolute Gasteiger partial charge is 0.460 e. The van der Waals surface area contributed by atoms with Gasteiger partial charge in [-0.3, -0.25) is 19.3 Å². The van der Waals surface area contributed by atoms with Crippen molar-refractivity contribution >= 4 is 17.8 Å². The summed E-state index contributed by atoms with van der Waals surface area (Å²) in [4.78, 5) is 37.6. The lowest BCUT2D eigenvalue weighted by molar-refractivity contribution is -0.153. The van der Waals surface area contributed by atoms with Gasteiger partial charge in [-0.15, -0.1) is 0 Å². The highest BCUT2D eigenvalue weighted by Crippen LogP contribution is 2.29. The molecule has 22 heavy (non-hydrogen) atoms. The Bertz CT molecular complexity index is 495. The summed E-state index contributed by atoms with van der Waals surface area (Å²) in [7, 11) is 0. The summed E-state index contributed by atoms with van der Waals surface area (Å²) in [6.45, 7) is 5.40. The standard InChI is InChI=1S/C17H25NO4/c1-17(2,3)22-15(20)10-9-12-11-14(19)18(16(12)21)13-7-5-4-6-8-13/h9,13H,4-8,10-11H2,1-3H3/b12-9-. The molecule has 0 bridgehead atoms. The van der Waals surface area contributed by atoms with Crippen molar-refractivity contribution in [2.24, 2.45) is 0 Å². The normalized spacial score (nSPS) is 22.5. The monoisotopic (exact) mass is 307 g/mol. The zero-order valence-electron chi connectivity index (χ0n) is 13.7. The Morgan fingerprint density at radius 2 is 1.86 bits per heavy atom. The molecular weight excluding hydrogens is 282 g/mol. The highest BCUT2D eigenvalue weighted by molar-refractivity contribution is 6.13. The molecule has 122 valence electrons. The predicted octanol–water partition coefficient (Wildman–Crippen LogP) is 2.74. The molecule has 1 heterocycles. The first kappa shape index (κ1) is 16.7. The fraction of sp³-hybridized carbons (Fsp3) is 0.706. The number of imide groups is 1. The molecular formula is C17H25NO4. The third kappa shape index (κ3) is 4.18. The van der Waals surface area contributed by atoms with Crippen molar-refractivity contribution in [3.05, 3.63) is 11.6 Å². The Morgan fingerprint density at radius 3 is 2.45 bits per heavy atom. The molecule has 2 fully saturated rings. The number of amides is 2. The molecule has 0 aromatic rings. The Morgan fingerprint density at radius 1 is 1.23 bits per heavy atom. The van der Waals surface area contributed by atoms with Crippen LogP contribution < -0.4 is 0 Å². The number of nitrogens with zero attached hydrogens (tertiary/aromatic N) is 1. The van der Waals surface area contributed by atoms with E-state index in [9.17, 15) is 14.4 Å². The molecule has 0 radical (unpaired) electrons. The van der Waals surface area contributed by atoms with E-state index in [4.69, 9.17) is 4.74 Å². The maximum absolute atomic E-state index is 12.4. The Hall–Kier alpha value is -1.65. The fourth-order valence-corrected chi connectivity index (χ4v) is 3.05. The van der Waals surface area contributed by atoms with E-state index in [2.05, 4.69) is 0 Å². The van der Waals surface area contributed by atoms with Crippen molar-refractivity contribution in [2.75, 3.05) is 0 Å². The molecule has 1 aliphatic heterocycles. The van der Waals surface area contributed by atoms with Crippen LogP contribution in [0.2, 0.25) is 0 Å². The molecule has 5 heteroatoms. The molecule has 0 unspecified atom stereocenters. The van der Waals surface area contributed by atoms with Crippen LogP contribution in [-0.2, 0) is 19.1 Å². The Balaban J connectivity index is 1.98. The number of rotatable bonds is 3. The molecule has 1 saturated heterocycles. The van der Waals surface area contributed by atoms with Crippen LogP contribution in [0.25, 0.3) is 0 Å². The second kappa shape index (κ2) is 6.63. The summed E-state index contributed by atoms with van der Waals surface area (Å²) in [5, 5.41) is 0. The quantitative estimate of drug-likeness (QED) is 0.457. The van der Waals surface area contributed by atoms with E-state index >= 15 is 0 Å².